The van der Waals surface area contributed by atoms with Crippen LogP contribution in [0.25, 0.3) is 32.3 Å². The van der Waals surface area contributed by atoms with Crippen molar-refractivity contribution in [3.05, 3.63) is 68.2 Å². The van der Waals surface area contributed by atoms with Gasteiger partial charge in [-0.2, -0.15) is 0 Å². The van der Waals surface area contributed by atoms with E-state index in [0.29, 0.717) is 23.2 Å². The van der Waals surface area contributed by atoms with Crippen molar-refractivity contribution in [3.63, 3.8) is 0 Å². The van der Waals surface area contributed by atoms with Crippen molar-refractivity contribution in [2.45, 2.75) is 40.2 Å². The van der Waals surface area contributed by atoms with Gasteiger partial charge in [0.1, 0.15) is 0 Å². The highest BCUT2D eigenvalue weighted by atomic mass is 16.2. The minimum Gasteiger partial charge on any atom is -0.275 e. The fourth-order valence-electron chi connectivity index (χ4n) is 3.81. The summed E-state index contributed by atoms with van der Waals surface area (Å²) in [5.74, 6) is 0.424. The Morgan fingerprint density at radius 2 is 1.52 bits per heavy atom. The molecular weight excluding hydrogens is 310 g/mol. The van der Waals surface area contributed by atoms with Crippen molar-refractivity contribution in [2.24, 2.45) is 0 Å². The van der Waals surface area contributed by atoms with Gasteiger partial charge in [0, 0.05) is 6.54 Å². The molecule has 0 unspecified atom stereocenters. The van der Waals surface area contributed by atoms with Gasteiger partial charge >= 0.3 is 0 Å². The lowest BCUT2D eigenvalue weighted by molar-refractivity contribution is 0.722. The Morgan fingerprint density at radius 3 is 2.12 bits per heavy atom. The van der Waals surface area contributed by atoms with Crippen LogP contribution in [-0.2, 0) is 6.54 Å². The molecule has 3 nitrogen and oxygen atoms in total. The van der Waals surface area contributed by atoms with Crippen molar-refractivity contribution >= 4 is 32.3 Å². The standard InChI is InChI=1S/C22H21NO2/c1-5-23-21(24)18-10-15-7-6-14(12(2)3)9-17-13(4)8-16(20(15)17)11-19(18)22(23)25/h6-12H,5H2,1-4H3. The summed E-state index contributed by atoms with van der Waals surface area (Å²) in [5, 5.41) is 5.38. The Morgan fingerprint density at radius 1 is 0.880 bits per heavy atom. The minimum atomic E-state index is -0.190. The lowest BCUT2D eigenvalue weighted by Crippen LogP contribution is -2.24. The molecule has 3 aromatic carbocycles. The Balaban J connectivity index is 2.31. The van der Waals surface area contributed by atoms with E-state index in [0.717, 1.165) is 16.2 Å². The van der Waals surface area contributed by atoms with Gasteiger partial charge in [-0.3, -0.25) is 14.2 Å². The number of aryl methyl sites for hydroxylation is 1. The predicted octanol–water partition coefficient (Wildman–Crippen LogP) is 4.56. The van der Waals surface area contributed by atoms with Gasteiger partial charge in [0.15, 0.2) is 0 Å². The number of fused-ring (bicyclic) bond motifs is 1. The second-order valence-corrected chi connectivity index (χ2v) is 7.13. The van der Waals surface area contributed by atoms with Gasteiger partial charge in [0.25, 0.3) is 11.1 Å². The highest BCUT2D eigenvalue weighted by Crippen LogP contribution is 2.33. The first-order chi connectivity index (χ1) is 11.9. The molecule has 0 aliphatic rings. The van der Waals surface area contributed by atoms with Gasteiger partial charge < -0.3 is 0 Å². The molecule has 3 heteroatoms. The fourth-order valence-corrected chi connectivity index (χ4v) is 3.81. The number of hydrogen-bond acceptors (Lipinski definition) is 2. The van der Waals surface area contributed by atoms with E-state index in [1.165, 1.54) is 21.1 Å². The van der Waals surface area contributed by atoms with Crippen LogP contribution in [0.1, 0.15) is 37.8 Å². The van der Waals surface area contributed by atoms with Crippen molar-refractivity contribution in [1.82, 2.24) is 4.57 Å². The van der Waals surface area contributed by atoms with Gasteiger partial charge in [-0.1, -0.05) is 38.1 Å². The summed E-state index contributed by atoms with van der Waals surface area (Å²) >= 11 is 0. The molecule has 1 heterocycles. The molecule has 126 valence electrons. The van der Waals surface area contributed by atoms with E-state index in [9.17, 15) is 9.59 Å². The molecule has 25 heavy (non-hydrogen) atoms. The summed E-state index contributed by atoms with van der Waals surface area (Å²) in [6, 6.07) is 12.4. The van der Waals surface area contributed by atoms with E-state index in [2.05, 4.69) is 45.0 Å². The maximum absolute atomic E-state index is 12.6. The fraction of sp³-hybridized carbons (Fsp3) is 0.273. The van der Waals surface area contributed by atoms with E-state index in [1.807, 2.05) is 19.1 Å². The lowest BCUT2D eigenvalue weighted by Gasteiger charge is -2.01. The topological polar surface area (TPSA) is 39.1 Å². The maximum Gasteiger partial charge on any atom is 0.261 e. The van der Waals surface area contributed by atoms with E-state index in [1.54, 1.807) is 0 Å². The van der Waals surface area contributed by atoms with Crippen LogP contribution in [-0.4, -0.2) is 4.57 Å². The molecule has 0 radical (unpaired) electrons. The Bertz CT molecular complexity index is 1250. The third-order valence-electron chi connectivity index (χ3n) is 5.23. The van der Waals surface area contributed by atoms with Gasteiger partial charge in [-0.05, 0) is 64.6 Å². The summed E-state index contributed by atoms with van der Waals surface area (Å²) in [6.07, 6.45) is 0. The number of hydrogen-bond donors (Lipinski definition) is 0. The molecule has 4 rings (SSSR count). The zero-order valence-corrected chi connectivity index (χ0v) is 15.0. The third-order valence-corrected chi connectivity index (χ3v) is 5.23. The van der Waals surface area contributed by atoms with Gasteiger partial charge in [0.2, 0.25) is 0 Å². The second kappa shape index (κ2) is 5.41. The van der Waals surface area contributed by atoms with Crippen molar-refractivity contribution in [3.8, 4) is 0 Å². The molecule has 1 aromatic heterocycles. The van der Waals surface area contributed by atoms with E-state index in [4.69, 9.17) is 0 Å². The molecule has 0 fully saturated rings. The van der Waals surface area contributed by atoms with Crippen LogP contribution in [0.4, 0.5) is 0 Å². The average molecular weight is 331 g/mol. The third kappa shape index (κ3) is 2.19. The van der Waals surface area contributed by atoms with Crippen LogP contribution in [0.3, 0.4) is 0 Å². The monoisotopic (exact) mass is 331 g/mol. The molecule has 0 saturated heterocycles. The largest absolute Gasteiger partial charge is 0.275 e. The van der Waals surface area contributed by atoms with Crippen molar-refractivity contribution in [1.29, 1.82) is 0 Å². The molecule has 0 aliphatic heterocycles. The lowest BCUT2D eigenvalue weighted by atomic mass is 10.0. The summed E-state index contributed by atoms with van der Waals surface area (Å²) in [4.78, 5) is 25.3. The smallest absolute Gasteiger partial charge is 0.261 e. The predicted molar refractivity (Wildman–Crippen MR) is 105 cm³/mol. The second-order valence-electron chi connectivity index (χ2n) is 7.13. The average Bonchev–Trinajstić information content (AvgIpc) is 2.83. The quantitative estimate of drug-likeness (QED) is 0.540. The van der Waals surface area contributed by atoms with Crippen LogP contribution >= 0.6 is 0 Å². The first-order valence-corrected chi connectivity index (χ1v) is 8.79. The van der Waals surface area contributed by atoms with E-state index >= 15 is 0 Å². The first-order valence-electron chi connectivity index (χ1n) is 8.79. The SMILES string of the molecule is CCn1c(=O)c2cc3ccc(C(C)C)cc4c(C)cc(cc2c1=O)c34. The number of aromatic nitrogens is 1. The molecule has 0 N–H and O–H groups in total. The Kier molecular flexibility index (Phi) is 3.43. The molecular formula is C22H21NO2. The zero-order valence-electron chi connectivity index (χ0n) is 15.0. The number of rotatable bonds is 2. The summed E-state index contributed by atoms with van der Waals surface area (Å²) in [7, 11) is 0. The molecule has 0 bridgehead atoms. The van der Waals surface area contributed by atoms with Gasteiger partial charge in [-0.15, -0.1) is 0 Å². The number of nitrogens with zero attached hydrogens (tertiary/aromatic N) is 1. The van der Waals surface area contributed by atoms with E-state index < -0.39 is 0 Å². The zero-order chi connectivity index (χ0) is 17.9. The van der Waals surface area contributed by atoms with Crippen LogP contribution in [0.5, 0.6) is 0 Å². The van der Waals surface area contributed by atoms with Crippen molar-refractivity contribution in [2.75, 3.05) is 0 Å². The molecule has 4 aromatic rings. The van der Waals surface area contributed by atoms with Crippen molar-refractivity contribution < 1.29 is 0 Å². The summed E-state index contributed by atoms with van der Waals surface area (Å²) in [6.45, 7) is 8.69. The Labute approximate surface area is 145 Å². The normalized spacial score (nSPS) is 12.0. The molecule has 0 spiro atoms. The highest BCUT2D eigenvalue weighted by Gasteiger charge is 2.14. The molecule has 0 saturated carbocycles. The highest BCUT2D eigenvalue weighted by molar-refractivity contribution is 6.15. The van der Waals surface area contributed by atoms with Gasteiger partial charge in [0.05, 0.1) is 10.8 Å². The summed E-state index contributed by atoms with van der Waals surface area (Å²) < 4.78 is 1.32. The molecule has 0 atom stereocenters. The molecule has 0 aliphatic carbocycles. The minimum absolute atomic E-state index is 0.189. The van der Waals surface area contributed by atoms with Crippen LogP contribution in [0, 0.1) is 6.92 Å². The Hall–Kier alpha value is -2.68. The van der Waals surface area contributed by atoms with E-state index in [-0.39, 0.29) is 11.1 Å². The van der Waals surface area contributed by atoms with Gasteiger partial charge in [-0.25, -0.2) is 0 Å². The van der Waals surface area contributed by atoms with Crippen LogP contribution in [0.2, 0.25) is 0 Å². The molecule has 0 amide bonds. The van der Waals surface area contributed by atoms with Crippen LogP contribution < -0.4 is 11.1 Å². The first kappa shape index (κ1) is 15.8. The van der Waals surface area contributed by atoms with Crippen LogP contribution in [0.15, 0.2) is 46.0 Å². The summed E-state index contributed by atoms with van der Waals surface area (Å²) in [5.41, 5.74) is 2.08. The maximum atomic E-state index is 12.6.